The van der Waals surface area contributed by atoms with Gasteiger partial charge in [-0.1, -0.05) is 36.3 Å². The number of carbonyl (C=O) groups excluding carboxylic acids is 2. The molecule has 118 valence electrons. The Labute approximate surface area is 132 Å². The number of carbonyl (C=O) groups is 2. The third kappa shape index (κ3) is 4.93. The summed E-state index contributed by atoms with van der Waals surface area (Å²) in [7, 11) is 0. The van der Waals surface area contributed by atoms with E-state index in [9.17, 15) is 9.59 Å². The zero-order valence-electron chi connectivity index (χ0n) is 12.3. The van der Waals surface area contributed by atoms with Crippen molar-refractivity contribution < 1.29 is 14.3 Å². The fourth-order valence-electron chi connectivity index (χ4n) is 1.87. The number of tetrazole rings is 1. The highest BCUT2D eigenvalue weighted by Crippen LogP contribution is 2.14. The second-order valence-electron chi connectivity index (χ2n) is 4.58. The highest BCUT2D eigenvalue weighted by Gasteiger charge is 2.24. The maximum Gasteiger partial charge on any atom is 0.331 e. The molecule has 2 rings (SSSR count). The summed E-state index contributed by atoms with van der Waals surface area (Å²) in [4.78, 5) is 23.7. The van der Waals surface area contributed by atoms with Crippen LogP contribution in [-0.2, 0) is 20.7 Å². The summed E-state index contributed by atoms with van der Waals surface area (Å²) in [6.45, 7) is -0.329. The normalized spacial score (nSPS) is 11.3. The van der Waals surface area contributed by atoms with Crippen LogP contribution in [0.5, 0.6) is 0 Å². The van der Waals surface area contributed by atoms with Crippen molar-refractivity contribution in [2.45, 2.75) is 12.5 Å². The van der Waals surface area contributed by atoms with Crippen molar-refractivity contribution in [3.63, 3.8) is 0 Å². The minimum Gasteiger partial charge on any atom is -0.454 e. The number of nitrogens with one attached hydrogen (secondary N) is 1. The Bertz CT molecular complexity index is 679. The molecule has 0 aliphatic rings. The van der Waals surface area contributed by atoms with Gasteiger partial charge in [0.2, 0.25) is 0 Å². The third-order valence-electron chi connectivity index (χ3n) is 2.96. The molecule has 1 heterocycles. The number of hydrogen-bond donors (Lipinski definition) is 1. The smallest absolute Gasteiger partial charge is 0.331 e. The average Bonchev–Trinajstić information content (AvgIpc) is 3.10. The van der Waals surface area contributed by atoms with Gasteiger partial charge in [-0.05, 0) is 16.0 Å². The van der Waals surface area contributed by atoms with Crippen LogP contribution < -0.4 is 5.32 Å². The minimum absolute atomic E-state index is 0.0802. The summed E-state index contributed by atoms with van der Waals surface area (Å²) in [6.07, 6.45) is 6.70. The molecular formula is C15H15N5O3. The van der Waals surface area contributed by atoms with Gasteiger partial charge in [0.05, 0.1) is 6.54 Å². The zero-order valence-corrected chi connectivity index (χ0v) is 12.3. The minimum atomic E-state index is -0.757. The van der Waals surface area contributed by atoms with E-state index < -0.39 is 24.5 Å². The molecule has 1 N–H and O–H groups in total. The first-order chi connectivity index (χ1) is 11.2. The highest BCUT2D eigenvalue weighted by atomic mass is 16.5. The van der Waals surface area contributed by atoms with Crippen LogP contribution in [0.4, 0.5) is 0 Å². The van der Waals surface area contributed by atoms with E-state index in [0.29, 0.717) is 6.42 Å². The maximum absolute atomic E-state index is 12.3. The fourth-order valence-corrected chi connectivity index (χ4v) is 1.87. The van der Waals surface area contributed by atoms with Gasteiger partial charge in [0.1, 0.15) is 6.33 Å². The summed E-state index contributed by atoms with van der Waals surface area (Å²) < 4.78 is 6.32. The van der Waals surface area contributed by atoms with Crippen molar-refractivity contribution in [1.29, 1.82) is 0 Å². The van der Waals surface area contributed by atoms with Gasteiger partial charge in [-0.2, -0.15) is 0 Å². The van der Waals surface area contributed by atoms with Crippen LogP contribution in [0.1, 0.15) is 11.6 Å². The molecule has 1 aromatic carbocycles. The lowest BCUT2D eigenvalue weighted by atomic mass is 10.1. The number of esters is 1. The highest BCUT2D eigenvalue weighted by molar-refractivity contribution is 5.82. The summed E-state index contributed by atoms with van der Waals surface area (Å²) in [5.74, 6) is 1.19. The van der Waals surface area contributed by atoms with Gasteiger partial charge in [-0.15, -0.1) is 11.5 Å². The van der Waals surface area contributed by atoms with Crippen LogP contribution in [0.3, 0.4) is 0 Å². The molecular weight excluding hydrogens is 298 g/mol. The quantitative estimate of drug-likeness (QED) is 0.559. The predicted molar refractivity (Wildman–Crippen MR) is 79.8 cm³/mol. The molecule has 1 aromatic heterocycles. The van der Waals surface area contributed by atoms with Crippen LogP contribution in [0.25, 0.3) is 0 Å². The second kappa shape index (κ2) is 8.29. The molecule has 0 fully saturated rings. The van der Waals surface area contributed by atoms with Crippen LogP contribution in [0.2, 0.25) is 0 Å². The van der Waals surface area contributed by atoms with Crippen LogP contribution in [0, 0.1) is 12.3 Å². The van der Waals surface area contributed by atoms with Crippen molar-refractivity contribution in [1.82, 2.24) is 25.5 Å². The lowest BCUT2D eigenvalue weighted by Gasteiger charge is -2.15. The van der Waals surface area contributed by atoms with Gasteiger partial charge in [0, 0.05) is 6.42 Å². The lowest BCUT2D eigenvalue weighted by Crippen LogP contribution is -2.32. The van der Waals surface area contributed by atoms with Crippen molar-refractivity contribution >= 4 is 11.9 Å². The van der Waals surface area contributed by atoms with Gasteiger partial charge < -0.3 is 10.1 Å². The number of amides is 1. The molecule has 0 radical (unpaired) electrons. The van der Waals surface area contributed by atoms with Gasteiger partial charge in [0.25, 0.3) is 5.91 Å². The van der Waals surface area contributed by atoms with Crippen LogP contribution in [-0.4, -0.2) is 45.2 Å². The van der Waals surface area contributed by atoms with E-state index in [0.717, 1.165) is 5.56 Å². The molecule has 0 aliphatic heterocycles. The van der Waals surface area contributed by atoms with E-state index in [1.807, 2.05) is 30.3 Å². The number of benzene rings is 1. The number of rotatable bonds is 7. The monoisotopic (exact) mass is 313 g/mol. The van der Waals surface area contributed by atoms with Crippen molar-refractivity contribution in [3.8, 4) is 12.3 Å². The van der Waals surface area contributed by atoms with Crippen LogP contribution in [0.15, 0.2) is 36.7 Å². The Morgan fingerprint density at radius 3 is 2.78 bits per heavy atom. The predicted octanol–water partition coefficient (Wildman–Crippen LogP) is -0.251. The van der Waals surface area contributed by atoms with Gasteiger partial charge >= 0.3 is 5.97 Å². The molecule has 1 amide bonds. The van der Waals surface area contributed by atoms with E-state index in [1.54, 1.807) is 0 Å². The lowest BCUT2D eigenvalue weighted by molar-refractivity contribution is -0.152. The molecule has 8 heteroatoms. The SMILES string of the molecule is C#CCNC(=O)COC(=O)[C@@H](Cc1ccccc1)n1cnnn1. The molecule has 1 atom stereocenters. The molecule has 0 aliphatic carbocycles. The molecule has 8 nitrogen and oxygen atoms in total. The molecule has 0 bridgehead atoms. The van der Waals surface area contributed by atoms with Gasteiger partial charge in [-0.3, -0.25) is 4.79 Å². The van der Waals surface area contributed by atoms with E-state index >= 15 is 0 Å². The number of ether oxygens (including phenoxy) is 1. The number of nitrogens with zero attached hydrogens (tertiary/aromatic N) is 4. The molecule has 0 unspecified atom stereocenters. The summed E-state index contributed by atoms with van der Waals surface area (Å²) in [5, 5.41) is 13.2. The summed E-state index contributed by atoms with van der Waals surface area (Å²) in [5.41, 5.74) is 0.918. The van der Waals surface area contributed by atoms with E-state index in [2.05, 4.69) is 26.8 Å². The first-order valence-electron chi connectivity index (χ1n) is 6.84. The Hall–Kier alpha value is -3.21. The first kappa shape index (κ1) is 16.2. The Balaban J connectivity index is 2.01. The van der Waals surface area contributed by atoms with E-state index in [1.165, 1.54) is 11.0 Å². The number of hydrogen-bond acceptors (Lipinski definition) is 6. The van der Waals surface area contributed by atoms with E-state index in [4.69, 9.17) is 11.2 Å². The van der Waals surface area contributed by atoms with Crippen molar-refractivity contribution in [2.75, 3.05) is 13.2 Å². The molecule has 0 saturated carbocycles. The first-order valence-corrected chi connectivity index (χ1v) is 6.84. The van der Waals surface area contributed by atoms with Gasteiger partial charge in [-0.25, -0.2) is 9.48 Å². The fraction of sp³-hybridized carbons (Fsp3) is 0.267. The van der Waals surface area contributed by atoms with Crippen LogP contribution >= 0.6 is 0 Å². The Morgan fingerprint density at radius 2 is 2.13 bits per heavy atom. The van der Waals surface area contributed by atoms with E-state index in [-0.39, 0.29) is 6.54 Å². The molecule has 23 heavy (non-hydrogen) atoms. The number of aromatic nitrogens is 4. The topological polar surface area (TPSA) is 99.0 Å². The zero-order chi connectivity index (χ0) is 16.5. The molecule has 2 aromatic rings. The van der Waals surface area contributed by atoms with Crippen molar-refractivity contribution in [2.24, 2.45) is 0 Å². The van der Waals surface area contributed by atoms with Crippen molar-refractivity contribution in [3.05, 3.63) is 42.2 Å². The molecule has 0 spiro atoms. The van der Waals surface area contributed by atoms with Gasteiger partial charge in [0.15, 0.2) is 12.6 Å². The summed E-state index contributed by atoms with van der Waals surface area (Å²) in [6, 6.07) is 8.61. The maximum atomic E-state index is 12.3. The Kier molecular flexibility index (Phi) is 5.82. The second-order valence-corrected chi connectivity index (χ2v) is 4.58. The largest absolute Gasteiger partial charge is 0.454 e. The molecule has 0 saturated heterocycles. The summed E-state index contributed by atoms with van der Waals surface area (Å²) >= 11 is 0. The number of terminal acetylenes is 1. The third-order valence-corrected chi connectivity index (χ3v) is 2.96. The standard InChI is InChI=1S/C15H15N5O3/c1-2-8-16-14(21)10-23-15(22)13(20-11-17-18-19-20)9-12-6-4-3-5-7-12/h1,3-7,11,13H,8-10H2,(H,16,21)/t13-/m1/s1. The Morgan fingerprint density at radius 1 is 1.35 bits per heavy atom. The average molecular weight is 313 g/mol.